The van der Waals surface area contributed by atoms with Crippen LogP contribution in [-0.2, 0) is 11.3 Å². The Morgan fingerprint density at radius 1 is 1.07 bits per heavy atom. The summed E-state index contributed by atoms with van der Waals surface area (Å²) in [7, 11) is 0. The van der Waals surface area contributed by atoms with Crippen molar-refractivity contribution in [1.82, 2.24) is 20.6 Å². The third kappa shape index (κ3) is 5.30. The Bertz CT molecular complexity index is 1020. The van der Waals surface area contributed by atoms with Gasteiger partial charge in [0, 0.05) is 50.1 Å². The van der Waals surface area contributed by atoms with Gasteiger partial charge in [0.1, 0.15) is 5.82 Å². The molecule has 0 saturated heterocycles. The van der Waals surface area contributed by atoms with Crippen LogP contribution in [0.5, 0.6) is 0 Å². The number of aliphatic hydroxyl groups is 1. The van der Waals surface area contributed by atoms with Gasteiger partial charge in [-0.05, 0) is 53.6 Å². The fourth-order valence-electron chi connectivity index (χ4n) is 3.15. The number of hydrogen-bond donors (Lipinski definition) is 4. The number of nitrogens with zero attached hydrogens (tertiary/aromatic N) is 2. The Morgan fingerprint density at radius 2 is 1.87 bits per heavy atom. The number of rotatable bonds is 8. The van der Waals surface area contributed by atoms with Crippen molar-refractivity contribution in [3.63, 3.8) is 0 Å². The molecule has 0 radical (unpaired) electrons. The summed E-state index contributed by atoms with van der Waals surface area (Å²) in [5.41, 5.74) is 2.88. The summed E-state index contributed by atoms with van der Waals surface area (Å²) in [6, 6.07) is 9.30. The molecule has 0 aliphatic carbocycles. The first kappa shape index (κ1) is 21.2. The van der Waals surface area contributed by atoms with E-state index in [0.717, 1.165) is 27.5 Å². The van der Waals surface area contributed by atoms with E-state index in [-0.39, 0.29) is 25.0 Å². The molecule has 2 heterocycles. The molecule has 8 heteroatoms. The van der Waals surface area contributed by atoms with Gasteiger partial charge < -0.3 is 15.7 Å². The first-order valence-electron chi connectivity index (χ1n) is 9.86. The lowest BCUT2D eigenvalue weighted by atomic mass is 9.96. The Kier molecular flexibility index (Phi) is 7.29. The summed E-state index contributed by atoms with van der Waals surface area (Å²) in [6.45, 7) is 2.70. The van der Waals surface area contributed by atoms with Crippen LogP contribution in [0.2, 0.25) is 0 Å². The highest BCUT2D eigenvalue weighted by Crippen LogP contribution is 2.31. The van der Waals surface area contributed by atoms with Crippen molar-refractivity contribution in [1.29, 1.82) is 0 Å². The number of carbonyl (C=O) groups excluding carboxylic acids is 2. The molecular weight excluding hydrogens is 382 g/mol. The van der Waals surface area contributed by atoms with Crippen LogP contribution < -0.4 is 16.0 Å². The molecule has 0 saturated carbocycles. The number of aromatic nitrogens is 2. The van der Waals surface area contributed by atoms with E-state index >= 15 is 0 Å². The fraction of sp³-hybridized carbons (Fsp3) is 0.273. The number of carbonyl (C=O) groups is 2. The van der Waals surface area contributed by atoms with Crippen molar-refractivity contribution in [3.8, 4) is 11.1 Å². The minimum Gasteiger partial charge on any atom is -0.396 e. The van der Waals surface area contributed by atoms with Crippen molar-refractivity contribution in [2.24, 2.45) is 0 Å². The molecule has 2 aromatic heterocycles. The van der Waals surface area contributed by atoms with Gasteiger partial charge in [-0.25, -0.2) is 9.78 Å². The highest BCUT2D eigenvalue weighted by molar-refractivity contribution is 6.00. The zero-order valence-corrected chi connectivity index (χ0v) is 16.8. The maximum absolute atomic E-state index is 11.9. The van der Waals surface area contributed by atoms with E-state index in [0.29, 0.717) is 25.3 Å². The van der Waals surface area contributed by atoms with Crippen LogP contribution in [0.25, 0.3) is 21.9 Å². The number of hydrogen-bond acceptors (Lipinski definition) is 5. The topological polar surface area (TPSA) is 116 Å². The molecule has 3 amide bonds. The summed E-state index contributed by atoms with van der Waals surface area (Å²) in [6.07, 6.45) is 5.88. The lowest BCUT2D eigenvalue weighted by Crippen LogP contribution is -2.28. The van der Waals surface area contributed by atoms with Crippen molar-refractivity contribution in [2.45, 2.75) is 26.3 Å². The second kappa shape index (κ2) is 10.3. The predicted molar refractivity (Wildman–Crippen MR) is 116 cm³/mol. The van der Waals surface area contributed by atoms with Crippen LogP contribution in [0.4, 0.5) is 10.6 Å². The molecule has 0 fully saturated rings. The normalized spacial score (nSPS) is 10.6. The molecule has 4 N–H and O–H groups in total. The maximum atomic E-state index is 11.9. The first-order valence-corrected chi connectivity index (χ1v) is 9.86. The summed E-state index contributed by atoms with van der Waals surface area (Å²) in [5, 5.41) is 19.0. The number of pyridine rings is 2. The molecular formula is C22H25N5O3. The summed E-state index contributed by atoms with van der Waals surface area (Å²) < 4.78 is 0. The smallest absolute Gasteiger partial charge is 0.320 e. The molecule has 0 atom stereocenters. The minimum atomic E-state index is -0.317. The number of nitrogens with one attached hydrogen (secondary N) is 3. The zero-order chi connectivity index (χ0) is 21.3. The zero-order valence-electron chi connectivity index (χ0n) is 16.8. The highest BCUT2D eigenvalue weighted by atomic mass is 16.3. The molecule has 156 valence electrons. The average Bonchev–Trinajstić information content (AvgIpc) is 2.76. The van der Waals surface area contributed by atoms with Gasteiger partial charge in [0.15, 0.2) is 0 Å². The molecule has 3 rings (SSSR count). The SMILES string of the molecule is CCNC(=O)Nc1cc2c(-c3ccncc3)ccc(CNC(=O)CCCO)c2cn1. The van der Waals surface area contributed by atoms with Crippen molar-refractivity contribution in [3.05, 3.63) is 54.5 Å². The van der Waals surface area contributed by atoms with Crippen LogP contribution >= 0.6 is 0 Å². The van der Waals surface area contributed by atoms with E-state index in [2.05, 4.69) is 25.9 Å². The third-order valence-electron chi connectivity index (χ3n) is 4.60. The standard InChI is InChI=1S/C22H25N5O3/c1-2-24-22(30)27-20-12-18-17(15-7-9-23-10-8-15)6-5-16(19(18)14-25-20)13-26-21(29)4-3-11-28/h5-10,12,14,28H,2-4,11,13H2,1H3,(H,26,29)(H2,24,25,27,30). The van der Waals surface area contributed by atoms with Gasteiger partial charge in [0.2, 0.25) is 5.91 Å². The Labute approximate surface area is 174 Å². The van der Waals surface area contributed by atoms with E-state index < -0.39 is 0 Å². The molecule has 1 aromatic carbocycles. The largest absolute Gasteiger partial charge is 0.396 e. The minimum absolute atomic E-state index is 0.0116. The predicted octanol–water partition coefficient (Wildman–Crippen LogP) is 2.83. The Balaban J connectivity index is 1.97. The number of anilines is 1. The second-order valence-electron chi connectivity index (χ2n) is 6.71. The van der Waals surface area contributed by atoms with Crippen molar-refractivity contribution < 1.29 is 14.7 Å². The highest BCUT2D eigenvalue weighted by Gasteiger charge is 2.12. The number of urea groups is 1. The van der Waals surface area contributed by atoms with E-state index in [1.165, 1.54) is 0 Å². The maximum Gasteiger partial charge on any atom is 0.320 e. The van der Waals surface area contributed by atoms with E-state index in [9.17, 15) is 9.59 Å². The summed E-state index contributed by atoms with van der Waals surface area (Å²) in [4.78, 5) is 32.3. The lowest BCUT2D eigenvalue weighted by Gasteiger charge is -2.14. The van der Waals surface area contributed by atoms with E-state index in [1.54, 1.807) is 18.6 Å². The molecule has 8 nitrogen and oxygen atoms in total. The van der Waals surface area contributed by atoms with Crippen LogP contribution in [0.15, 0.2) is 48.9 Å². The van der Waals surface area contributed by atoms with Gasteiger partial charge >= 0.3 is 6.03 Å². The quantitative estimate of drug-likeness (QED) is 0.458. The van der Waals surface area contributed by atoms with Crippen LogP contribution in [-0.4, -0.2) is 40.2 Å². The van der Waals surface area contributed by atoms with Gasteiger partial charge in [-0.1, -0.05) is 12.1 Å². The molecule has 30 heavy (non-hydrogen) atoms. The molecule has 0 spiro atoms. The van der Waals surface area contributed by atoms with Gasteiger partial charge in [-0.15, -0.1) is 0 Å². The lowest BCUT2D eigenvalue weighted by molar-refractivity contribution is -0.121. The van der Waals surface area contributed by atoms with Gasteiger partial charge in [-0.2, -0.15) is 0 Å². The van der Waals surface area contributed by atoms with Gasteiger partial charge in [0.25, 0.3) is 0 Å². The number of fused-ring (bicyclic) bond motifs is 1. The molecule has 0 unspecified atom stereocenters. The number of benzene rings is 1. The van der Waals surface area contributed by atoms with Crippen LogP contribution in [0.1, 0.15) is 25.3 Å². The summed E-state index contributed by atoms with van der Waals surface area (Å²) in [5.74, 6) is 0.325. The monoisotopic (exact) mass is 407 g/mol. The van der Waals surface area contributed by atoms with Crippen molar-refractivity contribution in [2.75, 3.05) is 18.5 Å². The first-order chi connectivity index (χ1) is 14.6. The molecule has 0 bridgehead atoms. The average molecular weight is 407 g/mol. The number of aliphatic hydroxyl groups excluding tert-OH is 1. The van der Waals surface area contributed by atoms with E-state index in [4.69, 9.17) is 5.11 Å². The molecule has 0 aliphatic rings. The third-order valence-corrected chi connectivity index (χ3v) is 4.60. The molecule has 3 aromatic rings. The fourth-order valence-corrected chi connectivity index (χ4v) is 3.15. The summed E-state index contributed by atoms with van der Waals surface area (Å²) >= 11 is 0. The van der Waals surface area contributed by atoms with Gasteiger partial charge in [0.05, 0.1) is 0 Å². The van der Waals surface area contributed by atoms with Crippen molar-refractivity contribution >= 4 is 28.5 Å². The van der Waals surface area contributed by atoms with E-state index in [1.807, 2.05) is 37.3 Å². The second-order valence-corrected chi connectivity index (χ2v) is 6.71. The van der Waals surface area contributed by atoms with Gasteiger partial charge in [-0.3, -0.25) is 15.1 Å². The Morgan fingerprint density at radius 3 is 2.60 bits per heavy atom. The Hall–Kier alpha value is -3.52. The molecule has 0 aliphatic heterocycles. The number of amides is 3. The van der Waals surface area contributed by atoms with Crippen LogP contribution in [0.3, 0.4) is 0 Å². The van der Waals surface area contributed by atoms with Crippen LogP contribution in [0, 0.1) is 0 Å².